The average Bonchev–Trinajstić information content (AvgIpc) is 3.52. The molecule has 0 spiro atoms. The number of hydrogen-bond donors (Lipinski definition) is 0. The molecule has 1 saturated heterocycles. The van der Waals surface area contributed by atoms with Crippen LogP contribution in [0.25, 0.3) is 5.69 Å². The number of benzene rings is 1. The van der Waals surface area contributed by atoms with Crippen molar-refractivity contribution in [1.29, 1.82) is 5.26 Å². The first kappa shape index (κ1) is 20.2. The molecule has 8 nitrogen and oxygen atoms in total. The van der Waals surface area contributed by atoms with Gasteiger partial charge in [0.2, 0.25) is 5.88 Å². The number of amides is 1. The third kappa shape index (κ3) is 3.82. The fraction of sp³-hybridized carbons (Fsp3) is 0.375. The van der Waals surface area contributed by atoms with Crippen LogP contribution in [-0.4, -0.2) is 49.5 Å². The fourth-order valence-electron chi connectivity index (χ4n) is 4.35. The summed E-state index contributed by atoms with van der Waals surface area (Å²) in [5, 5.41) is 17.9. The van der Waals surface area contributed by atoms with Crippen molar-refractivity contribution in [2.75, 3.05) is 6.54 Å². The highest BCUT2D eigenvalue weighted by atomic mass is 16.5. The Labute approximate surface area is 186 Å². The minimum absolute atomic E-state index is 0.0696. The first-order valence-corrected chi connectivity index (χ1v) is 11.0. The van der Waals surface area contributed by atoms with Gasteiger partial charge in [-0.15, -0.1) is 0 Å². The van der Waals surface area contributed by atoms with E-state index in [2.05, 4.69) is 28.2 Å². The Kier molecular flexibility index (Phi) is 5.31. The van der Waals surface area contributed by atoms with E-state index in [0.29, 0.717) is 35.2 Å². The molecular formula is C24H24N6O2. The molecule has 2 unspecified atom stereocenters. The number of hydrogen-bond acceptors (Lipinski definition) is 6. The highest BCUT2D eigenvalue weighted by Gasteiger charge is 2.35. The van der Waals surface area contributed by atoms with Crippen molar-refractivity contribution in [1.82, 2.24) is 24.9 Å². The van der Waals surface area contributed by atoms with Crippen LogP contribution in [0.4, 0.5) is 0 Å². The average molecular weight is 428 g/mol. The molecule has 32 heavy (non-hydrogen) atoms. The normalized spacial score (nSPS) is 20.6. The Bertz CT molecular complexity index is 1170. The molecule has 3 heterocycles. The van der Waals surface area contributed by atoms with E-state index in [0.717, 1.165) is 31.2 Å². The minimum Gasteiger partial charge on any atom is -0.472 e. The number of ether oxygens (including phenoxy) is 1. The lowest BCUT2D eigenvalue weighted by atomic mass is 9.99. The molecule has 3 aromatic rings. The molecule has 8 heteroatoms. The molecule has 1 aliphatic heterocycles. The highest BCUT2D eigenvalue weighted by Crippen LogP contribution is 2.45. The van der Waals surface area contributed by atoms with Gasteiger partial charge in [0.25, 0.3) is 5.91 Å². The van der Waals surface area contributed by atoms with Gasteiger partial charge < -0.3 is 9.64 Å². The summed E-state index contributed by atoms with van der Waals surface area (Å²) in [4.78, 5) is 21.3. The van der Waals surface area contributed by atoms with Gasteiger partial charge in [0.1, 0.15) is 6.10 Å². The lowest BCUT2D eigenvalue weighted by Crippen LogP contribution is -2.49. The molecule has 1 saturated carbocycles. The summed E-state index contributed by atoms with van der Waals surface area (Å²) in [6.45, 7) is 2.52. The van der Waals surface area contributed by atoms with Crippen LogP contribution in [0.3, 0.4) is 0 Å². The minimum atomic E-state index is -0.177. The van der Waals surface area contributed by atoms with E-state index >= 15 is 0 Å². The maximum atomic E-state index is 13.6. The summed E-state index contributed by atoms with van der Waals surface area (Å²) < 4.78 is 6.31. The molecule has 0 N–H and O–H groups in total. The molecule has 2 aliphatic rings. The Morgan fingerprint density at radius 2 is 1.88 bits per heavy atom. The van der Waals surface area contributed by atoms with Crippen molar-refractivity contribution in [3.8, 4) is 17.6 Å². The van der Waals surface area contributed by atoms with Gasteiger partial charge in [0.05, 0.1) is 41.8 Å². The quantitative estimate of drug-likeness (QED) is 0.617. The summed E-state index contributed by atoms with van der Waals surface area (Å²) in [5.74, 6) is 0.821. The van der Waals surface area contributed by atoms with E-state index in [4.69, 9.17) is 4.74 Å². The molecule has 0 bridgehead atoms. The zero-order valence-corrected chi connectivity index (χ0v) is 17.9. The van der Waals surface area contributed by atoms with E-state index in [1.807, 2.05) is 23.1 Å². The summed E-state index contributed by atoms with van der Waals surface area (Å²) in [5.41, 5.74) is 2.76. The van der Waals surface area contributed by atoms with E-state index in [1.54, 1.807) is 30.7 Å². The number of rotatable bonds is 5. The summed E-state index contributed by atoms with van der Waals surface area (Å²) in [6, 6.07) is 11.5. The zero-order valence-electron chi connectivity index (χ0n) is 17.9. The number of likely N-dealkylation sites (tertiary alicyclic amines) is 1. The van der Waals surface area contributed by atoms with Gasteiger partial charge in [-0.1, -0.05) is 12.1 Å². The molecule has 2 fully saturated rings. The van der Waals surface area contributed by atoms with E-state index < -0.39 is 0 Å². The molecule has 2 aromatic heterocycles. The lowest BCUT2D eigenvalue weighted by Gasteiger charge is -2.38. The summed E-state index contributed by atoms with van der Waals surface area (Å²) >= 11 is 0. The molecule has 1 aliphatic carbocycles. The SMILES string of the molecule is CC1CCC(Oc2nccc(C#N)c2C2CC2)CN1C(=O)c1ccccc1-n1nccn1. The standard InChI is InChI=1S/C24H24N6O2/c1-16-6-9-19(32-23-22(17-7-8-17)18(14-25)10-11-26-23)15-29(16)24(31)20-4-2-3-5-21(20)30-27-12-13-28-30/h2-5,10-13,16-17,19H,6-9,15H2,1H3. The molecule has 162 valence electrons. The topological polar surface area (TPSA) is 96.9 Å². The van der Waals surface area contributed by atoms with Crippen LogP contribution in [0.1, 0.15) is 60.0 Å². The number of piperidine rings is 1. The van der Waals surface area contributed by atoms with Gasteiger partial charge in [-0.3, -0.25) is 4.79 Å². The van der Waals surface area contributed by atoms with Gasteiger partial charge in [-0.05, 0) is 56.7 Å². The van der Waals surface area contributed by atoms with Gasteiger partial charge in [-0.2, -0.15) is 20.3 Å². The van der Waals surface area contributed by atoms with Crippen molar-refractivity contribution in [3.05, 3.63) is 65.6 Å². The van der Waals surface area contributed by atoms with Crippen LogP contribution < -0.4 is 4.74 Å². The predicted molar refractivity (Wildman–Crippen MR) is 116 cm³/mol. The van der Waals surface area contributed by atoms with Crippen molar-refractivity contribution in [3.63, 3.8) is 0 Å². The predicted octanol–water partition coefficient (Wildman–Crippen LogP) is 3.48. The second kappa shape index (κ2) is 8.42. The lowest BCUT2D eigenvalue weighted by molar-refractivity contribution is 0.0370. The summed E-state index contributed by atoms with van der Waals surface area (Å²) in [7, 11) is 0. The number of nitrogens with zero attached hydrogens (tertiary/aromatic N) is 6. The largest absolute Gasteiger partial charge is 0.472 e. The number of aromatic nitrogens is 4. The number of nitriles is 1. The van der Waals surface area contributed by atoms with Crippen LogP contribution in [0.2, 0.25) is 0 Å². The Hall–Kier alpha value is -3.73. The first-order chi connectivity index (χ1) is 15.7. The molecular weight excluding hydrogens is 404 g/mol. The van der Waals surface area contributed by atoms with E-state index in [9.17, 15) is 10.1 Å². The highest BCUT2D eigenvalue weighted by molar-refractivity contribution is 5.98. The third-order valence-electron chi connectivity index (χ3n) is 6.21. The van der Waals surface area contributed by atoms with Gasteiger partial charge in [0.15, 0.2) is 0 Å². The van der Waals surface area contributed by atoms with Crippen LogP contribution in [0, 0.1) is 11.3 Å². The van der Waals surface area contributed by atoms with Crippen molar-refractivity contribution in [2.45, 2.75) is 50.7 Å². The number of carbonyl (C=O) groups excluding carboxylic acids is 1. The molecule has 1 amide bonds. The van der Waals surface area contributed by atoms with Crippen LogP contribution in [-0.2, 0) is 0 Å². The Morgan fingerprint density at radius 3 is 2.62 bits per heavy atom. The van der Waals surface area contributed by atoms with Gasteiger partial charge in [-0.25, -0.2) is 4.98 Å². The second-order valence-electron chi connectivity index (χ2n) is 8.42. The fourth-order valence-corrected chi connectivity index (χ4v) is 4.35. The van der Waals surface area contributed by atoms with Gasteiger partial charge >= 0.3 is 0 Å². The number of pyridine rings is 1. The number of carbonyl (C=O) groups is 1. The van der Waals surface area contributed by atoms with Crippen molar-refractivity contribution >= 4 is 5.91 Å². The van der Waals surface area contributed by atoms with Crippen LogP contribution >= 0.6 is 0 Å². The third-order valence-corrected chi connectivity index (χ3v) is 6.21. The molecule has 0 radical (unpaired) electrons. The number of para-hydroxylation sites is 1. The first-order valence-electron chi connectivity index (χ1n) is 11.0. The zero-order chi connectivity index (χ0) is 22.1. The molecule has 1 aromatic carbocycles. The van der Waals surface area contributed by atoms with Crippen LogP contribution in [0.15, 0.2) is 48.9 Å². The van der Waals surface area contributed by atoms with Crippen LogP contribution in [0.5, 0.6) is 5.88 Å². The molecule has 2 atom stereocenters. The second-order valence-corrected chi connectivity index (χ2v) is 8.42. The monoisotopic (exact) mass is 428 g/mol. The van der Waals surface area contributed by atoms with E-state index in [-0.39, 0.29) is 18.1 Å². The maximum Gasteiger partial charge on any atom is 0.256 e. The van der Waals surface area contributed by atoms with Crippen molar-refractivity contribution < 1.29 is 9.53 Å². The van der Waals surface area contributed by atoms with E-state index in [1.165, 1.54) is 4.80 Å². The smallest absolute Gasteiger partial charge is 0.256 e. The summed E-state index contributed by atoms with van der Waals surface area (Å²) in [6.07, 6.45) is 8.40. The van der Waals surface area contributed by atoms with Crippen molar-refractivity contribution in [2.24, 2.45) is 0 Å². The molecule has 5 rings (SSSR count). The maximum absolute atomic E-state index is 13.6. The van der Waals surface area contributed by atoms with Gasteiger partial charge in [0, 0.05) is 17.8 Å². The Balaban J connectivity index is 1.39. The Morgan fingerprint density at radius 1 is 1.09 bits per heavy atom.